The lowest BCUT2D eigenvalue weighted by molar-refractivity contribution is -0.139. The number of ether oxygens (including phenoxy) is 1. The Labute approximate surface area is 139 Å². The van der Waals surface area contributed by atoms with E-state index in [9.17, 15) is 4.79 Å². The maximum atomic E-state index is 11.5. The Morgan fingerprint density at radius 1 is 1.41 bits per heavy atom. The van der Waals surface area contributed by atoms with Crippen LogP contribution < -0.4 is 0 Å². The number of thioether (sulfide) groups is 1. The Morgan fingerprint density at radius 2 is 2.14 bits per heavy atom. The van der Waals surface area contributed by atoms with Gasteiger partial charge in [0.15, 0.2) is 11.0 Å². The summed E-state index contributed by atoms with van der Waals surface area (Å²) >= 11 is 3.09. The van der Waals surface area contributed by atoms with Gasteiger partial charge in [-0.05, 0) is 40.2 Å². The van der Waals surface area contributed by atoms with Crippen LogP contribution in [0, 0.1) is 13.8 Å². The molecule has 0 fully saturated rings. The highest BCUT2D eigenvalue weighted by Gasteiger charge is 2.20. The van der Waals surface area contributed by atoms with Crippen molar-refractivity contribution < 1.29 is 9.53 Å². The van der Waals surface area contributed by atoms with Crippen molar-refractivity contribution in [3.05, 3.63) is 15.8 Å². The third-order valence-electron chi connectivity index (χ3n) is 3.33. The normalized spacial score (nSPS) is 11.2. The van der Waals surface area contributed by atoms with Crippen molar-refractivity contribution in [3.63, 3.8) is 0 Å². The highest BCUT2D eigenvalue weighted by atomic mass is 32.2. The van der Waals surface area contributed by atoms with E-state index < -0.39 is 0 Å². The molecule has 0 aliphatic rings. The standard InChI is InChI=1S/C15H21N3O2S2/c1-6-20-13(19)8-22-15-17-16-14(18(15)9(2)3)12-7-21-11(5)10(12)4/h7,9H,6,8H2,1-5H3. The summed E-state index contributed by atoms with van der Waals surface area (Å²) in [5.41, 5.74) is 2.35. The quantitative estimate of drug-likeness (QED) is 0.591. The molecule has 0 aromatic carbocycles. The molecule has 0 atom stereocenters. The minimum absolute atomic E-state index is 0.217. The van der Waals surface area contributed by atoms with Crippen molar-refractivity contribution in [2.24, 2.45) is 0 Å². The molecule has 0 radical (unpaired) electrons. The summed E-state index contributed by atoms with van der Waals surface area (Å²) in [7, 11) is 0. The van der Waals surface area contributed by atoms with E-state index in [-0.39, 0.29) is 17.8 Å². The van der Waals surface area contributed by atoms with E-state index in [2.05, 4.69) is 47.8 Å². The van der Waals surface area contributed by atoms with Crippen molar-refractivity contribution in [2.45, 2.75) is 45.8 Å². The number of aromatic nitrogens is 3. The Bertz CT molecular complexity index is 662. The van der Waals surface area contributed by atoms with Crippen LogP contribution >= 0.6 is 23.1 Å². The molecule has 0 amide bonds. The fraction of sp³-hybridized carbons (Fsp3) is 0.533. The van der Waals surface area contributed by atoms with Gasteiger partial charge in [-0.15, -0.1) is 21.5 Å². The lowest BCUT2D eigenvalue weighted by Crippen LogP contribution is -2.09. The van der Waals surface area contributed by atoms with Gasteiger partial charge in [0.05, 0.1) is 12.4 Å². The first-order valence-corrected chi connectivity index (χ1v) is 9.10. The summed E-state index contributed by atoms with van der Waals surface area (Å²) in [6.45, 7) is 10.6. The van der Waals surface area contributed by atoms with Crippen LogP contribution in [-0.4, -0.2) is 33.1 Å². The molecule has 0 aliphatic carbocycles. The highest BCUT2D eigenvalue weighted by Crippen LogP contribution is 2.33. The van der Waals surface area contributed by atoms with Crippen LogP contribution in [0.15, 0.2) is 10.5 Å². The number of carbonyl (C=O) groups excluding carboxylic acids is 1. The predicted molar refractivity (Wildman–Crippen MR) is 90.6 cm³/mol. The molecule has 0 saturated carbocycles. The minimum atomic E-state index is -0.227. The summed E-state index contributed by atoms with van der Waals surface area (Å²) in [6.07, 6.45) is 0. The molecule has 2 aromatic heterocycles. The molecule has 2 aromatic rings. The summed E-state index contributed by atoms with van der Waals surface area (Å²) in [5.74, 6) is 0.887. The fourth-order valence-corrected chi connectivity index (χ4v) is 3.81. The topological polar surface area (TPSA) is 57.0 Å². The van der Waals surface area contributed by atoms with Gasteiger partial charge >= 0.3 is 5.97 Å². The third kappa shape index (κ3) is 3.52. The van der Waals surface area contributed by atoms with E-state index in [0.29, 0.717) is 6.61 Å². The van der Waals surface area contributed by atoms with Gasteiger partial charge in [-0.3, -0.25) is 9.36 Å². The molecule has 120 valence electrons. The number of hydrogen-bond donors (Lipinski definition) is 0. The zero-order valence-electron chi connectivity index (χ0n) is 13.5. The first-order chi connectivity index (χ1) is 10.5. The van der Waals surface area contributed by atoms with Gasteiger partial charge in [0.25, 0.3) is 0 Å². The smallest absolute Gasteiger partial charge is 0.316 e. The molecule has 2 rings (SSSR count). The zero-order valence-corrected chi connectivity index (χ0v) is 15.2. The monoisotopic (exact) mass is 339 g/mol. The SMILES string of the molecule is CCOC(=O)CSc1nnc(-c2csc(C)c2C)n1C(C)C. The van der Waals surface area contributed by atoms with Gasteiger partial charge in [0.2, 0.25) is 0 Å². The van der Waals surface area contributed by atoms with Gasteiger partial charge in [-0.25, -0.2) is 0 Å². The minimum Gasteiger partial charge on any atom is -0.465 e. The summed E-state index contributed by atoms with van der Waals surface area (Å²) in [4.78, 5) is 12.8. The second-order valence-corrected chi connectivity index (χ2v) is 7.22. The van der Waals surface area contributed by atoms with Crippen molar-refractivity contribution in [1.82, 2.24) is 14.8 Å². The average Bonchev–Trinajstić information content (AvgIpc) is 3.02. The number of aryl methyl sites for hydroxylation is 1. The molecule has 0 aliphatic heterocycles. The van der Waals surface area contributed by atoms with Gasteiger partial charge < -0.3 is 4.74 Å². The molecular formula is C15H21N3O2S2. The van der Waals surface area contributed by atoms with Gasteiger partial charge in [0.1, 0.15) is 0 Å². The van der Waals surface area contributed by atoms with Crippen LogP contribution in [0.2, 0.25) is 0 Å². The van der Waals surface area contributed by atoms with Crippen LogP contribution in [0.3, 0.4) is 0 Å². The first kappa shape index (κ1) is 17.0. The summed E-state index contributed by atoms with van der Waals surface area (Å²) in [5, 5.41) is 11.5. The molecule has 0 N–H and O–H groups in total. The Balaban J connectivity index is 2.30. The van der Waals surface area contributed by atoms with Crippen LogP contribution in [0.25, 0.3) is 11.4 Å². The number of thiophene rings is 1. The van der Waals surface area contributed by atoms with Crippen LogP contribution in [0.1, 0.15) is 37.3 Å². The average molecular weight is 339 g/mol. The van der Waals surface area contributed by atoms with Crippen molar-refractivity contribution >= 4 is 29.1 Å². The number of esters is 1. The first-order valence-electron chi connectivity index (χ1n) is 7.24. The van der Waals surface area contributed by atoms with Gasteiger partial charge in [-0.2, -0.15) is 0 Å². The number of rotatable bonds is 6. The molecule has 7 heteroatoms. The molecule has 0 bridgehead atoms. The van der Waals surface area contributed by atoms with E-state index in [1.54, 1.807) is 18.3 Å². The summed E-state index contributed by atoms with van der Waals surface area (Å²) in [6, 6.07) is 0.217. The number of hydrogen-bond acceptors (Lipinski definition) is 6. The maximum absolute atomic E-state index is 11.5. The van der Waals surface area contributed by atoms with E-state index in [1.807, 2.05) is 0 Å². The van der Waals surface area contributed by atoms with Gasteiger partial charge in [0, 0.05) is 21.9 Å². The lowest BCUT2D eigenvalue weighted by atomic mass is 10.1. The lowest BCUT2D eigenvalue weighted by Gasteiger charge is -2.13. The highest BCUT2D eigenvalue weighted by molar-refractivity contribution is 7.99. The van der Waals surface area contributed by atoms with Crippen molar-refractivity contribution in [3.8, 4) is 11.4 Å². The number of nitrogens with zero attached hydrogens (tertiary/aromatic N) is 3. The van der Waals surface area contributed by atoms with Crippen LogP contribution in [0.4, 0.5) is 0 Å². The van der Waals surface area contributed by atoms with Gasteiger partial charge in [-0.1, -0.05) is 11.8 Å². The molecule has 22 heavy (non-hydrogen) atoms. The van der Waals surface area contributed by atoms with E-state index in [4.69, 9.17) is 4.74 Å². The molecule has 0 saturated heterocycles. The third-order valence-corrected chi connectivity index (χ3v) is 5.26. The fourth-order valence-electron chi connectivity index (χ4n) is 2.08. The second-order valence-electron chi connectivity index (χ2n) is 5.19. The molecular weight excluding hydrogens is 318 g/mol. The predicted octanol–water partition coefficient (Wildman–Crippen LogP) is 3.86. The number of carbonyl (C=O) groups is 1. The zero-order chi connectivity index (χ0) is 16.3. The maximum Gasteiger partial charge on any atom is 0.316 e. The molecule has 2 heterocycles. The van der Waals surface area contributed by atoms with Crippen LogP contribution in [-0.2, 0) is 9.53 Å². The van der Waals surface area contributed by atoms with Crippen LogP contribution in [0.5, 0.6) is 0 Å². The Hall–Kier alpha value is -1.34. The second kappa shape index (κ2) is 7.28. The molecule has 0 spiro atoms. The molecule has 0 unspecified atom stereocenters. The largest absolute Gasteiger partial charge is 0.465 e. The van der Waals surface area contributed by atoms with E-state index >= 15 is 0 Å². The molecule has 5 nitrogen and oxygen atoms in total. The van der Waals surface area contributed by atoms with E-state index in [0.717, 1.165) is 16.5 Å². The Morgan fingerprint density at radius 3 is 2.68 bits per heavy atom. The van der Waals surface area contributed by atoms with Crippen molar-refractivity contribution in [1.29, 1.82) is 0 Å². The van der Waals surface area contributed by atoms with E-state index in [1.165, 1.54) is 22.2 Å². The Kier molecular flexibility index (Phi) is 5.63. The van der Waals surface area contributed by atoms with Crippen molar-refractivity contribution in [2.75, 3.05) is 12.4 Å². The summed E-state index contributed by atoms with van der Waals surface area (Å²) < 4.78 is 7.04.